The van der Waals surface area contributed by atoms with Gasteiger partial charge in [0.25, 0.3) is 5.91 Å². The number of pyridine rings is 1. The van der Waals surface area contributed by atoms with E-state index in [0.717, 1.165) is 11.8 Å². The molecule has 4 heterocycles. The molecular formula is C19H17F3N6O2. The average Bonchev–Trinajstić information content (AvgIpc) is 3.36. The van der Waals surface area contributed by atoms with Gasteiger partial charge in [0, 0.05) is 11.8 Å². The Bertz CT molecular complexity index is 1250. The van der Waals surface area contributed by atoms with Crippen molar-refractivity contribution < 1.29 is 22.5 Å². The second kappa shape index (κ2) is 7.01. The molecule has 0 aliphatic carbocycles. The number of halogens is 3. The number of carbonyl (C=O) groups is 1. The predicted octanol–water partition coefficient (Wildman–Crippen LogP) is 3.99. The summed E-state index contributed by atoms with van der Waals surface area (Å²) < 4.78 is 44.9. The Morgan fingerprint density at radius 1 is 1.20 bits per heavy atom. The molecule has 0 aliphatic rings. The molecule has 11 heteroatoms. The average molecular weight is 418 g/mol. The lowest BCUT2D eigenvalue weighted by Gasteiger charge is -2.09. The monoisotopic (exact) mass is 418 g/mol. The fraction of sp³-hybridized carbons (Fsp3) is 0.263. The van der Waals surface area contributed by atoms with Crippen LogP contribution in [-0.4, -0.2) is 30.8 Å². The Hall–Kier alpha value is -3.63. The summed E-state index contributed by atoms with van der Waals surface area (Å²) in [6.45, 7) is 5.42. The molecule has 0 fully saturated rings. The van der Waals surface area contributed by atoms with Crippen LogP contribution in [-0.2, 0) is 12.7 Å². The van der Waals surface area contributed by atoms with Crippen LogP contribution in [0.15, 0.2) is 28.9 Å². The quantitative estimate of drug-likeness (QED) is 0.522. The predicted molar refractivity (Wildman–Crippen MR) is 101 cm³/mol. The van der Waals surface area contributed by atoms with E-state index >= 15 is 0 Å². The largest absolute Gasteiger partial charge is 0.436 e. The molecule has 1 amide bonds. The van der Waals surface area contributed by atoms with Gasteiger partial charge in [-0.05, 0) is 44.0 Å². The summed E-state index contributed by atoms with van der Waals surface area (Å²) in [4.78, 5) is 17.0. The lowest BCUT2D eigenvalue weighted by atomic mass is 10.2. The van der Waals surface area contributed by atoms with E-state index in [0.29, 0.717) is 33.7 Å². The zero-order valence-corrected chi connectivity index (χ0v) is 16.3. The fourth-order valence-corrected chi connectivity index (χ4v) is 3.16. The molecular weight excluding hydrogens is 401 g/mol. The smallest absolute Gasteiger partial charge is 0.359 e. The zero-order valence-electron chi connectivity index (χ0n) is 16.3. The summed E-state index contributed by atoms with van der Waals surface area (Å²) in [7, 11) is 0. The molecule has 0 spiro atoms. The molecule has 0 atom stereocenters. The first-order valence-corrected chi connectivity index (χ1v) is 8.95. The Morgan fingerprint density at radius 2 is 1.97 bits per heavy atom. The minimum absolute atomic E-state index is 0.0680. The van der Waals surface area contributed by atoms with Crippen molar-refractivity contribution in [2.45, 2.75) is 33.5 Å². The molecule has 0 aromatic carbocycles. The van der Waals surface area contributed by atoms with Gasteiger partial charge >= 0.3 is 6.18 Å². The number of aromatic nitrogens is 5. The van der Waals surface area contributed by atoms with Gasteiger partial charge in [-0.25, -0.2) is 4.98 Å². The Morgan fingerprint density at radius 3 is 2.60 bits per heavy atom. The van der Waals surface area contributed by atoms with Crippen molar-refractivity contribution in [3.63, 3.8) is 0 Å². The molecule has 156 valence electrons. The van der Waals surface area contributed by atoms with Crippen molar-refractivity contribution in [2.24, 2.45) is 0 Å². The van der Waals surface area contributed by atoms with Gasteiger partial charge in [-0.15, -0.1) is 0 Å². The Balaban J connectivity index is 1.65. The molecule has 30 heavy (non-hydrogen) atoms. The molecule has 0 saturated heterocycles. The van der Waals surface area contributed by atoms with Gasteiger partial charge in [0.1, 0.15) is 11.5 Å². The standard InChI is InChI=1S/C19H17F3N6O2/c1-9-4-14-13(24-17(9)25-18(29)16-10(2)7-23-26-16)5-11(3)28(14)8-12-6-15(27-30-12)19(20,21)22/h4-7H,8H2,1-3H3,(H,23,26)(H,24,25,29). The second-order valence-corrected chi connectivity index (χ2v) is 6.99. The number of amides is 1. The number of carbonyl (C=O) groups excluding carboxylic acids is 1. The SMILES string of the molecule is Cc1cc2c(cc(C)n2Cc2cc(C(F)(F)F)no2)nc1NC(=O)c1[nH]ncc1C. The molecule has 2 N–H and O–H groups in total. The molecule has 8 nitrogen and oxygen atoms in total. The van der Waals surface area contributed by atoms with Crippen LogP contribution in [0.2, 0.25) is 0 Å². The summed E-state index contributed by atoms with van der Waals surface area (Å²) in [5, 5.41) is 12.3. The lowest BCUT2D eigenvalue weighted by molar-refractivity contribution is -0.142. The second-order valence-electron chi connectivity index (χ2n) is 6.99. The lowest BCUT2D eigenvalue weighted by Crippen LogP contribution is -2.15. The van der Waals surface area contributed by atoms with Gasteiger partial charge in [0.2, 0.25) is 0 Å². The van der Waals surface area contributed by atoms with Crippen molar-refractivity contribution in [3.05, 3.63) is 58.4 Å². The molecule has 0 unspecified atom stereocenters. The van der Waals surface area contributed by atoms with E-state index in [1.165, 1.54) is 0 Å². The van der Waals surface area contributed by atoms with E-state index < -0.39 is 11.9 Å². The zero-order chi connectivity index (χ0) is 21.6. The van der Waals surface area contributed by atoms with Gasteiger partial charge in [-0.1, -0.05) is 5.16 Å². The summed E-state index contributed by atoms with van der Waals surface area (Å²) in [5.41, 5.74) is 2.74. The minimum atomic E-state index is -4.56. The number of H-pyrrole nitrogens is 1. The molecule has 4 rings (SSSR count). The first-order chi connectivity index (χ1) is 14.1. The summed E-state index contributed by atoms with van der Waals surface area (Å²) in [6, 6.07) is 4.48. The van der Waals surface area contributed by atoms with Crippen LogP contribution < -0.4 is 5.32 Å². The topological polar surface area (TPSA) is 102 Å². The summed E-state index contributed by atoms with van der Waals surface area (Å²) >= 11 is 0. The first kappa shape index (κ1) is 19.7. The third kappa shape index (κ3) is 3.53. The van der Waals surface area contributed by atoms with Crippen LogP contribution in [0.3, 0.4) is 0 Å². The Labute approximate surface area is 168 Å². The number of alkyl halides is 3. The maximum atomic E-state index is 12.8. The number of nitrogens with zero attached hydrogens (tertiary/aromatic N) is 4. The van der Waals surface area contributed by atoms with Crippen LogP contribution >= 0.6 is 0 Å². The highest BCUT2D eigenvalue weighted by atomic mass is 19.4. The normalized spacial score (nSPS) is 11.9. The van der Waals surface area contributed by atoms with Gasteiger partial charge in [-0.3, -0.25) is 9.89 Å². The van der Waals surface area contributed by atoms with Crippen molar-refractivity contribution in [1.82, 2.24) is 24.9 Å². The number of anilines is 1. The molecule has 0 saturated carbocycles. The van der Waals surface area contributed by atoms with Crippen LogP contribution in [0.1, 0.15) is 38.8 Å². The van der Waals surface area contributed by atoms with E-state index in [1.54, 1.807) is 30.7 Å². The third-order valence-electron chi connectivity index (χ3n) is 4.73. The van der Waals surface area contributed by atoms with Crippen LogP contribution in [0.5, 0.6) is 0 Å². The number of hydrogen-bond acceptors (Lipinski definition) is 5. The number of fused-ring (bicyclic) bond motifs is 1. The van der Waals surface area contributed by atoms with Gasteiger partial charge in [0.05, 0.1) is 23.8 Å². The fourth-order valence-electron chi connectivity index (χ4n) is 3.16. The van der Waals surface area contributed by atoms with Crippen LogP contribution in [0.4, 0.5) is 19.0 Å². The highest BCUT2D eigenvalue weighted by Gasteiger charge is 2.35. The third-order valence-corrected chi connectivity index (χ3v) is 4.73. The number of hydrogen-bond donors (Lipinski definition) is 2. The molecule has 0 radical (unpaired) electrons. The van der Waals surface area contributed by atoms with E-state index in [2.05, 4.69) is 25.7 Å². The highest BCUT2D eigenvalue weighted by Crippen LogP contribution is 2.30. The van der Waals surface area contributed by atoms with Gasteiger partial charge < -0.3 is 14.4 Å². The molecule has 0 bridgehead atoms. The minimum Gasteiger partial charge on any atom is -0.359 e. The number of rotatable bonds is 4. The molecule has 0 aliphatic heterocycles. The van der Waals surface area contributed by atoms with Crippen molar-refractivity contribution in [2.75, 3.05) is 5.32 Å². The van der Waals surface area contributed by atoms with Gasteiger partial charge in [-0.2, -0.15) is 18.3 Å². The maximum Gasteiger partial charge on any atom is 0.436 e. The first-order valence-electron chi connectivity index (χ1n) is 8.95. The van der Waals surface area contributed by atoms with E-state index in [4.69, 9.17) is 4.52 Å². The van der Waals surface area contributed by atoms with Crippen molar-refractivity contribution in [1.29, 1.82) is 0 Å². The van der Waals surface area contributed by atoms with E-state index in [-0.39, 0.29) is 18.2 Å². The highest BCUT2D eigenvalue weighted by molar-refractivity contribution is 6.04. The van der Waals surface area contributed by atoms with Crippen molar-refractivity contribution >= 4 is 22.8 Å². The molecule has 4 aromatic rings. The Kier molecular flexibility index (Phi) is 4.60. The van der Waals surface area contributed by atoms with Gasteiger partial charge in [0.15, 0.2) is 11.5 Å². The van der Waals surface area contributed by atoms with Crippen LogP contribution in [0, 0.1) is 20.8 Å². The van der Waals surface area contributed by atoms with E-state index in [9.17, 15) is 18.0 Å². The maximum absolute atomic E-state index is 12.8. The van der Waals surface area contributed by atoms with Crippen LogP contribution in [0.25, 0.3) is 11.0 Å². The van der Waals surface area contributed by atoms with Crippen molar-refractivity contribution in [3.8, 4) is 0 Å². The molecule has 4 aromatic heterocycles. The summed E-state index contributed by atoms with van der Waals surface area (Å²) in [6.07, 6.45) is -3.01. The number of nitrogens with one attached hydrogen (secondary N) is 2. The van der Waals surface area contributed by atoms with E-state index in [1.807, 2.05) is 13.0 Å². The summed E-state index contributed by atoms with van der Waals surface area (Å²) in [5.74, 6) is 0.0998. The number of aromatic amines is 1. The number of aryl methyl sites for hydroxylation is 3.